The van der Waals surface area contributed by atoms with Crippen LogP contribution in [0.25, 0.3) is 0 Å². The molecule has 0 bridgehead atoms. The third-order valence-electron chi connectivity index (χ3n) is 3.69. The van der Waals surface area contributed by atoms with E-state index >= 15 is 0 Å². The Bertz CT molecular complexity index is 766. The molecule has 0 radical (unpaired) electrons. The van der Waals surface area contributed by atoms with E-state index in [0.29, 0.717) is 17.0 Å². The van der Waals surface area contributed by atoms with E-state index in [4.69, 9.17) is 9.47 Å². The van der Waals surface area contributed by atoms with E-state index in [9.17, 15) is 14.4 Å². The van der Waals surface area contributed by atoms with Crippen LogP contribution in [0.2, 0.25) is 0 Å². The van der Waals surface area contributed by atoms with Gasteiger partial charge in [0.2, 0.25) is 5.91 Å². The van der Waals surface area contributed by atoms with Crippen LogP contribution in [0.4, 0.5) is 5.69 Å². The summed E-state index contributed by atoms with van der Waals surface area (Å²) < 4.78 is 10.2. The number of hydrogen-bond donors (Lipinski definition) is 1. The fourth-order valence-corrected chi connectivity index (χ4v) is 2.19. The molecule has 0 aliphatic rings. The highest BCUT2D eigenvalue weighted by Gasteiger charge is 2.09. The number of carbonyl (C=O) groups excluding carboxylic acids is 3. The Balaban J connectivity index is 1.71. The third kappa shape index (κ3) is 6.05. The average Bonchev–Trinajstić information content (AvgIpc) is 2.65. The molecule has 26 heavy (non-hydrogen) atoms. The maximum Gasteiger partial charge on any atom is 0.306 e. The van der Waals surface area contributed by atoms with Crippen molar-refractivity contribution in [3.8, 4) is 5.75 Å². The molecule has 0 unspecified atom stereocenters. The summed E-state index contributed by atoms with van der Waals surface area (Å²) in [5.74, 6) is -0.0391. The lowest BCUT2D eigenvalue weighted by molar-refractivity contribution is -0.145. The Kier molecular flexibility index (Phi) is 6.91. The molecule has 0 saturated heterocycles. The predicted octanol–water partition coefficient (Wildman–Crippen LogP) is 3.36. The molecular formula is C20H21NO5. The molecule has 6 nitrogen and oxygen atoms in total. The topological polar surface area (TPSA) is 81.7 Å². The lowest BCUT2D eigenvalue weighted by atomic mass is 10.1. The van der Waals surface area contributed by atoms with E-state index in [0.717, 1.165) is 5.56 Å². The van der Waals surface area contributed by atoms with Crippen molar-refractivity contribution in [2.24, 2.45) is 0 Å². The van der Waals surface area contributed by atoms with Gasteiger partial charge in [-0.15, -0.1) is 0 Å². The molecule has 2 aromatic carbocycles. The monoisotopic (exact) mass is 355 g/mol. The van der Waals surface area contributed by atoms with Crippen molar-refractivity contribution in [3.05, 3.63) is 59.7 Å². The minimum absolute atomic E-state index is 0.00643. The number of rotatable bonds is 8. The molecule has 0 fully saturated rings. The summed E-state index contributed by atoms with van der Waals surface area (Å²) in [4.78, 5) is 34.8. The zero-order valence-electron chi connectivity index (χ0n) is 14.8. The molecule has 1 amide bonds. The van der Waals surface area contributed by atoms with Gasteiger partial charge in [0.1, 0.15) is 12.4 Å². The van der Waals surface area contributed by atoms with Gasteiger partial charge >= 0.3 is 5.97 Å². The molecule has 0 aliphatic carbocycles. The number of carbonyl (C=O) groups is 3. The van der Waals surface area contributed by atoms with Crippen molar-refractivity contribution in [2.45, 2.75) is 26.4 Å². The van der Waals surface area contributed by atoms with Crippen LogP contribution < -0.4 is 10.1 Å². The number of nitrogens with one attached hydrogen (secondary N) is 1. The normalized spacial score (nSPS) is 10.1. The Morgan fingerprint density at radius 3 is 2.15 bits per heavy atom. The highest BCUT2D eigenvalue weighted by molar-refractivity contribution is 5.94. The number of esters is 1. The second kappa shape index (κ2) is 9.36. The van der Waals surface area contributed by atoms with Gasteiger partial charge in [-0.1, -0.05) is 24.3 Å². The number of methoxy groups -OCH3 is 1. The zero-order chi connectivity index (χ0) is 18.9. The minimum Gasteiger partial charge on any atom is -0.497 e. The van der Waals surface area contributed by atoms with Crippen molar-refractivity contribution >= 4 is 23.3 Å². The predicted molar refractivity (Wildman–Crippen MR) is 97.1 cm³/mol. The summed E-state index contributed by atoms with van der Waals surface area (Å²) in [6.07, 6.45) is 0.0294. The number of hydrogen-bond acceptors (Lipinski definition) is 5. The first-order valence-electron chi connectivity index (χ1n) is 8.17. The van der Waals surface area contributed by atoms with Crippen molar-refractivity contribution in [1.29, 1.82) is 0 Å². The number of ketones is 1. The quantitative estimate of drug-likeness (QED) is 0.580. The Morgan fingerprint density at radius 2 is 1.58 bits per heavy atom. The molecule has 0 atom stereocenters. The standard InChI is InChI=1S/C20H21NO5/c1-14(22)16-5-3-15(4-6-16)13-26-20(24)12-11-19(23)21-17-7-9-18(25-2)10-8-17/h3-10H,11-13H2,1-2H3,(H,21,23). The molecule has 0 heterocycles. The highest BCUT2D eigenvalue weighted by Crippen LogP contribution is 2.15. The molecule has 0 aromatic heterocycles. The fourth-order valence-electron chi connectivity index (χ4n) is 2.19. The number of anilines is 1. The lowest BCUT2D eigenvalue weighted by Crippen LogP contribution is -2.14. The van der Waals surface area contributed by atoms with Gasteiger partial charge < -0.3 is 14.8 Å². The molecule has 0 spiro atoms. The molecule has 1 N–H and O–H groups in total. The Hall–Kier alpha value is -3.15. The minimum atomic E-state index is -0.453. The second-order valence-corrected chi connectivity index (χ2v) is 5.69. The Labute approximate surface area is 152 Å². The summed E-state index contributed by atoms with van der Waals surface area (Å²) in [6.45, 7) is 1.60. The van der Waals surface area contributed by atoms with Gasteiger partial charge in [-0.05, 0) is 36.8 Å². The van der Waals surface area contributed by atoms with E-state index < -0.39 is 5.97 Å². The number of amides is 1. The third-order valence-corrected chi connectivity index (χ3v) is 3.69. The first-order chi connectivity index (χ1) is 12.5. The van der Waals surface area contributed by atoms with Crippen molar-refractivity contribution in [2.75, 3.05) is 12.4 Å². The van der Waals surface area contributed by atoms with Crippen LogP contribution in [0.5, 0.6) is 5.75 Å². The number of Topliss-reactive ketones (excluding diaryl/α,β-unsaturated/α-hetero) is 1. The zero-order valence-corrected chi connectivity index (χ0v) is 14.8. The average molecular weight is 355 g/mol. The summed E-state index contributed by atoms with van der Waals surface area (Å²) in [5, 5.41) is 2.70. The molecule has 0 saturated carbocycles. The second-order valence-electron chi connectivity index (χ2n) is 5.69. The van der Waals surface area contributed by atoms with Crippen LogP contribution in [0.15, 0.2) is 48.5 Å². The van der Waals surface area contributed by atoms with E-state index in [1.807, 2.05) is 0 Å². The van der Waals surface area contributed by atoms with E-state index in [1.165, 1.54) is 6.92 Å². The van der Waals surface area contributed by atoms with Crippen LogP contribution in [-0.2, 0) is 20.9 Å². The van der Waals surface area contributed by atoms with Crippen LogP contribution in [0.3, 0.4) is 0 Å². The molecule has 0 aliphatic heterocycles. The van der Waals surface area contributed by atoms with Crippen LogP contribution in [0, 0.1) is 0 Å². The van der Waals surface area contributed by atoms with Crippen LogP contribution in [-0.4, -0.2) is 24.8 Å². The summed E-state index contributed by atoms with van der Waals surface area (Å²) >= 11 is 0. The van der Waals surface area contributed by atoms with E-state index in [-0.39, 0.29) is 31.1 Å². The van der Waals surface area contributed by atoms with Gasteiger partial charge in [0, 0.05) is 17.7 Å². The fraction of sp³-hybridized carbons (Fsp3) is 0.250. The van der Waals surface area contributed by atoms with E-state index in [2.05, 4.69) is 5.32 Å². The molecule has 2 rings (SSSR count). The molecule has 136 valence electrons. The summed E-state index contributed by atoms with van der Waals surface area (Å²) in [5.41, 5.74) is 2.02. The van der Waals surface area contributed by atoms with Gasteiger partial charge in [-0.2, -0.15) is 0 Å². The maximum absolute atomic E-state index is 11.9. The van der Waals surface area contributed by atoms with Crippen LogP contribution in [0.1, 0.15) is 35.7 Å². The van der Waals surface area contributed by atoms with Gasteiger partial charge in [0.15, 0.2) is 5.78 Å². The number of benzene rings is 2. The van der Waals surface area contributed by atoms with Gasteiger partial charge in [0.25, 0.3) is 0 Å². The first-order valence-corrected chi connectivity index (χ1v) is 8.17. The highest BCUT2D eigenvalue weighted by atomic mass is 16.5. The lowest BCUT2D eigenvalue weighted by Gasteiger charge is -2.07. The van der Waals surface area contributed by atoms with Gasteiger partial charge in [0.05, 0.1) is 13.5 Å². The van der Waals surface area contributed by atoms with Crippen molar-refractivity contribution in [3.63, 3.8) is 0 Å². The number of ether oxygens (including phenoxy) is 2. The first kappa shape index (κ1) is 19.2. The molecule has 6 heteroatoms. The van der Waals surface area contributed by atoms with Crippen LogP contribution >= 0.6 is 0 Å². The van der Waals surface area contributed by atoms with E-state index in [1.54, 1.807) is 55.6 Å². The summed E-state index contributed by atoms with van der Waals surface area (Å²) in [7, 11) is 1.57. The SMILES string of the molecule is COc1ccc(NC(=O)CCC(=O)OCc2ccc(C(C)=O)cc2)cc1. The molecular weight excluding hydrogens is 334 g/mol. The largest absolute Gasteiger partial charge is 0.497 e. The smallest absolute Gasteiger partial charge is 0.306 e. The van der Waals surface area contributed by atoms with Crippen molar-refractivity contribution in [1.82, 2.24) is 0 Å². The van der Waals surface area contributed by atoms with Crippen molar-refractivity contribution < 1.29 is 23.9 Å². The van der Waals surface area contributed by atoms with Gasteiger partial charge in [-0.25, -0.2) is 0 Å². The molecule has 2 aromatic rings. The maximum atomic E-state index is 11.9. The van der Waals surface area contributed by atoms with Gasteiger partial charge in [-0.3, -0.25) is 14.4 Å². The Morgan fingerprint density at radius 1 is 0.923 bits per heavy atom. The summed E-state index contributed by atoms with van der Waals surface area (Å²) in [6, 6.07) is 13.8.